The molecule has 0 spiro atoms. The van der Waals surface area contributed by atoms with Crippen molar-refractivity contribution in [2.24, 2.45) is 5.92 Å². The number of thiazole rings is 1. The number of amides is 1. The van der Waals surface area contributed by atoms with Crippen molar-refractivity contribution >= 4 is 39.9 Å². The summed E-state index contributed by atoms with van der Waals surface area (Å²) in [4.78, 5) is 46.1. The predicted octanol–water partition coefficient (Wildman–Crippen LogP) is 7.64. The van der Waals surface area contributed by atoms with Crippen LogP contribution in [0.15, 0.2) is 54.1 Å². The average molecular weight is 635 g/mol. The number of ether oxygens (including phenoxy) is 3. The van der Waals surface area contributed by atoms with Crippen molar-refractivity contribution in [3.05, 3.63) is 75.8 Å². The minimum absolute atomic E-state index is 0.0759. The van der Waals surface area contributed by atoms with Crippen molar-refractivity contribution in [2.75, 3.05) is 24.7 Å². The molecule has 10 heteroatoms. The fraction of sp³-hybridized carbons (Fsp3) is 0.429. The lowest BCUT2D eigenvalue weighted by molar-refractivity contribution is -0.132. The number of unbranched alkanes of at least 4 members (excludes halogenated alkanes) is 3. The summed E-state index contributed by atoms with van der Waals surface area (Å²) < 4.78 is 17.0. The van der Waals surface area contributed by atoms with Gasteiger partial charge in [-0.3, -0.25) is 14.5 Å². The molecule has 1 aliphatic heterocycles. The molecule has 240 valence electrons. The van der Waals surface area contributed by atoms with E-state index in [0.29, 0.717) is 41.5 Å². The van der Waals surface area contributed by atoms with Crippen LogP contribution in [0.5, 0.6) is 11.5 Å². The van der Waals surface area contributed by atoms with Crippen molar-refractivity contribution in [3.8, 4) is 11.5 Å². The number of benzene rings is 2. The van der Waals surface area contributed by atoms with E-state index in [1.165, 1.54) is 4.90 Å². The van der Waals surface area contributed by atoms with E-state index in [1.807, 2.05) is 13.8 Å². The van der Waals surface area contributed by atoms with Gasteiger partial charge >= 0.3 is 11.9 Å². The Bertz CT molecular complexity index is 1510. The Morgan fingerprint density at radius 3 is 2.13 bits per heavy atom. The van der Waals surface area contributed by atoms with E-state index in [-0.39, 0.29) is 33.9 Å². The maximum Gasteiger partial charge on any atom is 0.350 e. The first-order valence-corrected chi connectivity index (χ1v) is 16.4. The van der Waals surface area contributed by atoms with Gasteiger partial charge in [-0.1, -0.05) is 70.4 Å². The summed E-state index contributed by atoms with van der Waals surface area (Å²) in [5.74, 6) is -1.11. The van der Waals surface area contributed by atoms with Crippen molar-refractivity contribution in [1.29, 1.82) is 0 Å². The van der Waals surface area contributed by atoms with Crippen LogP contribution in [0.3, 0.4) is 0 Å². The molecule has 4 rings (SSSR count). The van der Waals surface area contributed by atoms with Gasteiger partial charge in [-0.25, -0.2) is 9.78 Å². The summed E-state index contributed by atoms with van der Waals surface area (Å²) in [6, 6.07) is 12.9. The zero-order chi connectivity index (χ0) is 32.5. The molecule has 0 radical (unpaired) electrons. The molecule has 1 fully saturated rings. The SMILES string of the molecule is CCCCCOc1ccc(C2/C(=C(\O)c3ccc(OCCCC)cc3)C(=O)C(=O)N2c2nc(C)c(C(=O)OCC(C)C)s2)cc1. The number of nitrogens with zero attached hydrogens (tertiary/aromatic N) is 2. The van der Waals surface area contributed by atoms with Crippen LogP contribution < -0.4 is 14.4 Å². The highest BCUT2D eigenvalue weighted by molar-refractivity contribution is 7.17. The zero-order valence-corrected chi connectivity index (χ0v) is 27.4. The lowest BCUT2D eigenvalue weighted by atomic mass is 9.95. The van der Waals surface area contributed by atoms with Gasteiger partial charge in [-0.2, -0.15) is 0 Å². The van der Waals surface area contributed by atoms with Gasteiger partial charge in [0, 0.05) is 5.56 Å². The van der Waals surface area contributed by atoms with E-state index in [1.54, 1.807) is 55.5 Å². The van der Waals surface area contributed by atoms with E-state index in [2.05, 4.69) is 18.8 Å². The van der Waals surface area contributed by atoms with Crippen LogP contribution in [0.25, 0.3) is 5.76 Å². The van der Waals surface area contributed by atoms with Crippen molar-refractivity contribution in [1.82, 2.24) is 4.98 Å². The first-order chi connectivity index (χ1) is 21.7. The number of Topliss-reactive ketones (excluding diaryl/α,β-unsaturated/α-hetero) is 1. The smallest absolute Gasteiger partial charge is 0.350 e. The number of aliphatic hydroxyl groups is 1. The third-order valence-electron chi connectivity index (χ3n) is 7.28. The number of anilines is 1. The fourth-order valence-corrected chi connectivity index (χ4v) is 5.80. The Labute approximate surface area is 268 Å². The normalized spacial score (nSPS) is 16.0. The van der Waals surface area contributed by atoms with Crippen LogP contribution in [-0.4, -0.2) is 47.6 Å². The highest BCUT2D eigenvalue weighted by Gasteiger charge is 2.48. The van der Waals surface area contributed by atoms with Crippen LogP contribution in [0.2, 0.25) is 0 Å². The van der Waals surface area contributed by atoms with Gasteiger partial charge in [0.2, 0.25) is 0 Å². The summed E-state index contributed by atoms with van der Waals surface area (Å²) in [7, 11) is 0. The molecule has 9 nitrogen and oxygen atoms in total. The molecule has 1 aliphatic rings. The van der Waals surface area contributed by atoms with E-state index in [4.69, 9.17) is 14.2 Å². The van der Waals surface area contributed by atoms with Gasteiger partial charge in [0.25, 0.3) is 5.78 Å². The number of aliphatic hydroxyl groups excluding tert-OH is 1. The Kier molecular flexibility index (Phi) is 11.8. The molecule has 2 heterocycles. The van der Waals surface area contributed by atoms with Crippen LogP contribution in [0.1, 0.15) is 92.3 Å². The van der Waals surface area contributed by atoms with Gasteiger partial charge in [0.15, 0.2) is 5.13 Å². The van der Waals surface area contributed by atoms with Crippen molar-refractivity contribution in [3.63, 3.8) is 0 Å². The Morgan fingerprint density at radius 2 is 1.53 bits per heavy atom. The molecule has 1 atom stereocenters. The van der Waals surface area contributed by atoms with E-state index in [0.717, 1.165) is 43.4 Å². The van der Waals surface area contributed by atoms with E-state index < -0.39 is 23.7 Å². The average Bonchev–Trinajstić information content (AvgIpc) is 3.54. The maximum absolute atomic E-state index is 13.6. The van der Waals surface area contributed by atoms with Crippen molar-refractivity contribution in [2.45, 2.75) is 72.8 Å². The standard InChI is InChI=1S/C35H42N2O7S/c1-6-8-10-20-43-26-15-11-24(12-16-26)29-28(30(38)25-13-17-27(18-14-25)42-19-9-7-2)31(39)33(40)37(29)35-36-23(5)32(45-35)34(41)44-21-22(3)4/h11-18,22,29,38H,6-10,19-21H2,1-5H3/b30-28+. The quantitative estimate of drug-likeness (QED) is 0.0596. The molecular formula is C35H42N2O7S. The van der Waals surface area contributed by atoms with Gasteiger partial charge < -0.3 is 19.3 Å². The second kappa shape index (κ2) is 15.7. The number of hydrogen-bond donors (Lipinski definition) is 1. The van der Waals surface area contributed by atoms with Gasteiger partial charge in [0.1, 0.15) is 22.1 Å². The van der Waals surface area contributed by atoms with Gasteiger partial charge in [-0.15, -0.1) is 0 Å². The van der Waals surface area contributed by atoms with E-state index >= 15 is 0 Å². The number of ketones is 1. The van der Waals surface area contributed by atoms with Gasteiger partial charge in [0.05, 0.1) is 37.1 Å². The second-order valence-corrected chi connectivity index (χ2v) is 12.4. The number of aryl methyl sites for hydroxylation is 1. The molecule has 1 aromatic heterocycles. The lowest BCUT2D eigenvalue weighted by Crippen LogP contribution is -2.29. The fourth-order valence-electron chi connectivity index (χ4n) is 4.82. The number of rotatable bonds is 15. The summed E-state index contributed by atoms with van der Waals surface area (Å²) >= 11 is 0.982. The summed E-state index contributed by atoms with van der Waals surface area (Å²) in [6.07, 6.45) is 5.01. The van der Waals surface area contributed by atoms with Crippen molar-refractivity contribution < 1.29 is 33.7 Å². The molecule has 2 aromatic carbocycles. The molecular weight excluding hydrogens is 592 g/mol. The topological polar surface area (TPSA) is 115 Å². The predicted molar refractivity (Wildman–Crippen MR) is 175 cm³/mol. The number of hydrogen-bond acceptors (Lipinski definition) is 9. The van der Waals surface area contributed by atoms with Crippen LogP contribution >= 0.6 is 11.3 Å². The Hall–Kier alpha value is -4.18. The molecule has 45 heavy (non-hydrogen) atoms. The summed E-state index contributed by atoms with van der Waals surface area (Å²) in [6.45, 7) is 11.1. The molecule has 0 aliphatic carbocycles. The monoisotopic (exact) mass is 634 g/mol. The molecule has 1 amide bonds. The summed E-state index contributed by atoms with van der Waals surface area (Å²) in [5, 5.41) is 11.7. The first kappa shape index (κ1) is 33.7. The number of carbonyl (C=O) groups excluding carboxylic acids is 3. The molecule has 1 unspecified atom stereocenters. The third-order valence-corrected chi connectivity index (χ3v) is 8.41. The molecule has 1 N–H and O–H groups in total. The van der Waals surface area contributed by atoms with Crippen LogP contribution in [0.4, 0.5) is 5.13 Å². The Balaban J connectivity index is 1.74. The number of esters is 1. The zero-order valence-electron chi connectivity index (χ0n) is 26.6. The van der Waals surface area contributed by atoms with E-state index in [9.17, 15) is 19.5 Å². The molecule has 0 bridgehead atoms. The highest BCUT2D eigenvalue weighted by atomic mass is 32.1. The number of aromatic nitrogens is 1. The molecule has 0 saturated carbocycles. The maximum atomic E-state index is 13.6. The largest absolute Gasteiger partial charge is 0.507 e. The molecule has 3 aromatic rings. The first-order valence-electron chi connectivity index (χ1n) is 15.6. The molecule has 1 saturated heterocycles. The third kappa shape index (κ3) is 8.11. The van der Waals surface area contributed by atoms with Gasteiger partial charge in [-0.05, 0) is 67.6 Å². The minimum atomic E-state index is -0.996. The summed E-state index contributed by atoms with van der Waals surface area (Å²) in [5.41, 5.74) is 1.25. The second-order valence-electron chi connectivity index (χ2n) is 11.4. The minimum Gasteiger partial charge on any atom is -0.507 e. The number of carbonyl (C=O) groups is 3. The van der Waals surface area contributed by atoms with Crippen LogP contribution in [-0.2, 0) is 14.3 Å². The van der Waals surface area contributed by atoms with Crippen LogP contribution in [0, 0.1) is 12.8 Å². The highest BCUT2D eigenvalue weighted by Crippen LogP contribution is 2.44. The lowest BCUT2D eigenvalue weighted by Gasteiger charge is -2.23. The Morgan fingerprint density at radius 1 is 0.933 bits per heavy atom.